The number of benzene rings is 1. The van der Waals surface area contributed by atoms with Crippen LogP contribution >= 0.6 is 0 Å². The van der Waals surface area contributed by atoms with Crippen molar-refractivity contribution in [3.63, 3.8) is 0 Å². The predicted octanol–water partition coefficient (Wildman–Crippen LogP) is 3.85. The van der Waals surface area contributed by atoms with Crippen molar-refractivity contribution < 1.29 is 9.90 Å². The van der Waals surface area contributed by atoms with E-state index in [1.807, 2.05) is 6.07 Å². The van der Waals surface area contributed by atoms with Crippen LogP contribution in [0.4, 0.5) is 0 Å². The molecule has 0 fully saturated rings. The first kappa shape index (κ1) is 16.7. The maximum absolute atomic E-state index is 10.8. The molecule has 1 rings (SSSR count). The molecule has 0 heterocycles. The minimum Gasteiger partial charge on any atom is -0.481 e. The third kappa shape index (κ3) is 6.71. The SMILES string of the molecule is CCCCCCN(CCC(=O)O)Cc1ccccc1C. The molecule has 1 aromatic rings. The average Bonchev–Trinajstić information content (AvgIpc) is 2.42. The Morgan fingerprint density at radius 3 is 2.55 bits per heavy atom. The standard InChI is InChI=1S/C17H27NO2/c1-3-4-5-8-12-18(13-11-17(19)20)14-16-10-7-6-9-15(16)2/h6-7,9-10H,3-5,8,11-14H2,1-2H3,(H,19,20). The van der Waals surface area contributed by atoms with E-state index in [1.54, 1.807) is 0 Å². The van der Waals surface area contributed by atoms with E-state index in [0.29, 0.717) is 6.54 Å². The molecule has 3 nitrogen and oxygen atoms in total. The third-order valence-corrected chi connectivity index (χ3v) is 3.62. The largest absolute Gasteiger partial charge is 0.481 e. The molecule has 0 atom stereocenters. The lowest BCUT2D eigenvalue weighted by atomic mass is 10.1. The van der Waals surface area contributed by atoms with Crippen LogP contribution in [0, 0.1) is 6.92 Å². The first-order chi connectivity index (χ1) is 9.63. The van der Waals surface area contributed by atoms with Gasteiger partial charge in [-0.15, -0.1) is 0 Å². The second-order valence-corrected chi connectivity index (χ2v) is 5.41. The fourth-order valence-corrected chi connectivity index (χ4v) is 2.31. The van der Waals surface area contributed by atoms with E-state index in [9.17, 15) is 4.79 Å². The molecule has 0 aliphatic carbocycles. The molecular weight excluding hydrogens is 250 g/mol. The Morgan fingerprint density at radius 1 is 1.15 bits per heavy atom. The fraction of sp³-hybridized carbons (Fsp3) is 0.588. The van der Waals surface area contributed by atoms with Gasteiger partial charge in [-0.1, -0.05) is 50.5 Å². The van der Waals surface area contributed by atoms with Gasteiger partial charge in [-0.05, 0) is 31.0 Å². The van der Waals surface area contributed by atoms with Gasteiger partial charge in [0.1, 0.15) is 0 Å². The van der Waals surface area contributed by atoms with Gasteiger partial charge in [-0.2, -0.15) is 0 Å². The zero-order valence-electron chi connectivity index (χ0n) is 12.8. The van der Waals surface area contributed by atoms with Crippen LogP contribution < -0.4 is 0 Å². The molecule has 0 saturated carbocycles. The summed E-state index contributed by atoms with van der Waals surface area (Å²) in [6, 6.07) is 8.34. The Bertz CT molecular complexity index is 404. The van der Waals surface area contributed by atoms with E-state index in [2.05, 4.69) is 36.9 Å². The van der Waals surface area contributed by atoms with Gasteiger partial charge in [-0.25, -0.2) is 0 Å². The number of carboxylic acid groups (broad SMARTS) is 1. The Kier molecular flexibility index (Phi) is 7.97. The van der Waals surface area contributed by atoms with Crippen molar-refractivity contribution in [1.82, 2.24) is 4.90 Å². The highest BCUT2D eigenvalue weighted by Crippen LogP contribution is 2.12. The molecule has 1 aromatic carbocycles. The normalized spacial score (nSPS) is 10.9. The molecule has 0 unspecified atom stereocenters. The van der Waals surface area contributed by atoms with Gasteiger partial charge in [0, 0.05) is 13.1 Å². The van der Waals surface area contributed by atoms with Crippen molar-refractivity contribution in [2.45, 2.75) is 52.5 Å². The number of aryl methyl sites for hydroxylation is 1. The number of carbonyl (C=O) groups is 1. The second kappa shape index (κ2) is 9.54. The van der Waals surface area contributed by atoms with E-state index in [0.717, 1.165) is 19.5 Å². The Morgan fingerprint density at radius 2 is 1.90 bits per heavy atom. The molecule has 0 aliphatic rings. The fourth-order valence-electron chi connectivity index (χ4n) is 2.31. The quantitative estimate of drug-likeness (QED) is 0.660. The molecule has 0 saturated heterocycles. The van der Waals surface area contributed by atoms with Gasteiger partial charge in [-0.3, -0.25) is 9.69 Å². The van der Waals surface area contributed by atoms with Crippen LogP contribution in [0.25, 0.3) is 0 Å². The first-order valence-corrected chi connectivity index (χ1v) is 7.62. The van der Waals surface area contributed by atoms with Gasteiger partial charge in [0.15, 0.2) is 0 Å². The monoisotopic (exact) mass is 277 g/mol. The summed E-state index contributed by atoms with van der Waals surface area (Å²) in [7, 11) is 0. The maximum Gasteiger partial charge on any atom is 0.304 e. The van der Waals surface area contributed by atoms with Crippen LogP contribution in [0.5, 0.6) is 0 Å². The first-order valence-electron chi connectivity index (χ1n) is 7.62. The average molecular weight is 277 g/mol. The number of rotatable bonds is 10. The van der Waals surface area contributed by atoms with Crippen LogP contribution in [0.3, 0.4) is 0 Å². The van der Waals surface area contributed by atoms with Crippen LogP contribution in [0.2, 0.25) is 0 Å². The van der Waals surface area contributed by atoms with Crippen LogP contribution in [0.15, 0.2) is 24.3 Å². The number of unbranched alkanes of at least 4 members (excludes halogenated alkanes) is 3. The Labute approximate surface area is 122 Å². The highest BCUT2D eigenvalue weighted by molar-refractivity contribution is 5.66. The summed E-state index contributed by atoms with van der Waals surface area (Å²) in [5.41, 5.74) is 2.58. The molecule has 0 amide bonds. The van der Waals surface area contributed by atoms with Gasteiger partial charge >= 0.3 is 5.97 Å². The minimum atomic E-state index is -0.714. The predicted molar refractivity (Wildman–Crippen MR) is 82.9 cm³/mol. The summed E-state index contributed by atoms with van der Waals surface area (Å²) in [6.45, 7) is 6.79. The van der Waals surface area contributed by atoms with Crippen molar-refractivity contribution in [2.75, 3.05) is 13.1 Å². The van der Waals surface area contributed by atoms with E-state index in [4.69, 9.17) is 5.11 Å². The number of hydrogen-bond donors (Lipinski definition) is 1. The molecule has 20 heavy (non-hydrogen) atoms. The molecule has 1 N–H and O–H groups in total. The van der Waals surface area contributed by atoms with Crippen molar-refractivity contribution in [3.05, 3.63) is 35.4 Å². The lowest BCUT2D eigenvalue weighted by Gasteiger charge is -2.22. The topological polar surface area (TPSA) is 40.5 Å². The Balaban J connectivity index is 2.52. The van der Waals surface area contributed by atoms with Crippen molar-refractivity contribution in [3.8, 4) is 0 Å². The summed E-state index contributed by atoms with van der Waals surface area (Å²) in [6.07, 6.45) is 5.09. The van der Waals surface area contributed by atoms with Crippen LogP contribution in [-0.2, 0) is 11.3 Å². The lowest BCUT2D eigenvalue weighted by molar-refractivity contribution is -0.137. The van der Waals surface area contributed by atoms with Crippen LogP contribution in [0.1, 0.15) is 50.2 Å². The summed E-state index contributed by atoms with van der Waals surface area (Å²) in [5, 5.41) is 8.87. The van der Waals surface area contributed by atoms with Gasteiger partial charge in [0.05, 0.1) is 6.42 Å². The van der Waals surface area contributed by atoms with E-state index in [1.165, 1.54) is 30.4 Å². The van der Waals surface area contributed by atoms with Crippen LogP contribution in [-0.4, -0.2) is 29.1 Å². The zero-order valence-corrected chi connectivity index (χ0v) is 12.8. The molecule has 0 aromatic heterocycles. The van der Waals surface area contributed by atoms with Crippen molar-refractivity contribution >= 4 is 5.97 Å². The van der Waals surface area contributed by atoms with E-state index >= 15 is 0 Å². The van der Waals surface area contributed by atoms with Crippen molar-refractivity contribution in [1.29, 1.82) is 0 Å². The van der Waals surface area contributed by atoms with E-state index < -0.39 is 5.97 Å². The summed E-state index contributed by atoms with van der Waals surface area (Å²) in [4.78, 5) is 13.0. The summed E-state index contributed by atoms with van der Waals surface area (Å²) >= 11 is 0. The number of carboxylic acids is 1. The molecule has 112 valence electrons. The number of aliphatic carboxylic acids is 1. The number of hydrogen-bond acceptors (Lipinski definition) is 2. The maximum atomic E-state index is 10.8. The lowest BCUT2D eigenvalue weighted by Crippen LogP contribution is -2.27. The zero-order chi connectivity index (χ0) is 14.8. The van der Waals surface area contributed by atoms with Gasteiger partial charge < -0.3 is 5.11 Å². The van der Waals surface area contributed by atoms with Gasteiger partial charge in [0.2, 0.25) is 0 Å². The third-order valence-electron chi connectivity index (χ3n) is 3.62. The van der Waals surface area contributed by atoms with Gasteiger partial charge in [0.25, 0.3) is 0 Å². The highest BCUT2D eigenvalue weighted by Gasteiger charge is 2.09. The molecular formula is C17H27NO2. The summed E-state index contributed by atoms with van der Waals surface area (Å²) < 4.78 is 0. The van der Waals surface area contributed by atoms with Crippen molar-refractivity contribution in [2.24, 2.45) is 0 Å². The summed E-state index contributed by atoms with van der Waals surface area (Å²) in [5.74, 6) is -0.714. The number of nitrogens with zero attached hydrogens (tertiary/aromatic N) is 1. The smallest absolute Gasteiger partial charge is 0.304 e. The molecule has 0 radical (unpaired) electrons. The van der Waals surface area contributed by atoms with E-state index in [-0.39, 0.29) is 6.42 Å². The second-order valence-electron chi connectivity index (χ2n) is 5.41. The molecule has 0 aliphatic heterocycles. The molecule has 0 spiro atoms. The molecule has 3 heteroatoms. The highest BCUT2D eigenvalue weighted by atomic mass is 16.4. The Hall–Kier alpha value is -1.35. The minimum absolute atomic E-state index is 0.222. The molecule has 0 bridgehead atoms.